The van der Waals surface area contributed by atoms with Crippen LogP contribution < -0.4 is 0 Å². The van der Waals surface area contributed by atoms with Crippen LogP contribution in [0.5, 0.6) is 69.0 Å². The molecule has 0 aliphatic carbocycles. The summed E-state index contributed by atoms with van der Waals surface area (Å²) in [6, 6.07) is 1.63. The van der Waals surface area contributed by atoms with Gasteiger partial charge in [-0.05, 0) is 48.5 Å². The van der Waals surface area contributed by atoms with Crippen molar-refractivity contribution in [2.75, 3.05) is 6.61 Å². The van der Waals surface area contributed by atoms with Crippen molar-refractivity contribution in [3.63, 3.8) is 0 Å². The first-order valence-corrected chi connectivity index (χ1v) is 15.2. The van der Waals surface area contributed by atoms with Crippen LogP contribution in [0.2, 0.25) is 0 Å². The summed E-state index contributed by atoms with van der Waals surface area (Å²) in [6.45, 7) is -1.94. The number of carbonyl (C=O) groups excluding carboxylic acids is 4. The Morgan fingerprint density at radius 2 is 0.679 bits per heavy atom. The molecule has 1 heterocycles. The Morgan fingerprint density at radius 1 is 0.429 bits per heavy atom. The Balaban J connectivity index is 2.01. The van der Waals surface area contributed by atoms with Crippen molar-refractivity contribution in [1.82, 2.24) is 0 Å². The fourth-order valence-electron chi connectivity index (χ4n) is 6.26. The van der Waals surface area contributed by atoms with Gasteiger partial charge < -0.3 is 91.5 Å². The molecule has 22 heteroatoms. The molecule has 0 radical (unpaired) electrons. The van der Waals surface area contributed by atoms with Gasteiger partial charge in [-0.2, -0.15) is 0 Å². The lowest BCUT2D eigenvalue weighted by Gasteiger charge is -2.60. The van der Waals surface area contributed by atoms with Crippen molar-refractivity contribution in [1.29, 1.82) is 0 Å². The Kier molecular flexibility index (Phi) is 9.35. The highest BCUT2D eigenvalue weighted by atomic mass is 16.7. The molecule has 5 atom stereocenters. The number of aromatic hydroxyl groups is 12. The number of carbonyl (C=O) groups is 4. The van der Waals surface area contributed by atoms with Crippen LogP contribution in [0.1, 0.15) is 41.4 Å². The highest BCUT2D eigenvalue weighted by Crippen LogP contribution is 2.55. The van der Waals surface area contributed by atoms with Crippen molar-refractivity contribution in [3.05, 3.63) is 70.8 Å². The number of hydrogen-bond donors (Lipinski definition) is 17. The van der Waals surface area contributed by atoms with Gasteiger partial charge in [0.05, 0.1) is 6.61 Å². The van der Waals surface area contributed by atoms with Crippen molar-refractivity contribution < 1.29 is 111 Å². The molecule has 56 heavy (non-hydrogen) atoms. The van der Waals surface area contributed by atoms with Crippen LogP contribution in [0, 0.1) is 0 Å². The summed E-state index contributed by atoms with van der Waals surface area (Å²) in [5.41, 5.74) is -20.1. The summed E-state index contributed by atoms with van der Waals surface area (Å²) < 4.78 is 5.17. The van der Waals surface area contributed by atoms with Gasteiger partial charge in [0.15, 0.2) is 74.6 Å². The normalized spacial score (nSPS) is 24.7. The molecule has 1 aliphatic heterocycles. The summed E-state index contributed by atoms with van der Waals surface area (Å²) in [5, 5.41) is 182. The molecule has 0 aromatic heterocycles. The molecule has 0 amide bonds. The van der Waals surface area contributed by atoms with Crippen molar-refractivity contribution >= 4 is 23.1 Å². The zero-order valence-electron chi connectivity index (χ0n) is 27.5. The first-order chi connectivity index (χ1) is 25.8. The summed E-state index contributed by atoms with van der Waals surface area (Å²) in [6.07, 6.45) is -3.19. The Hall–Kier alpha value is -7.08. The van der Waals surface area contributed by atoms with Gasteiger partial charge in [0, 0.05) is 22.3 Å². The minimum Gasteiger partial charge on any atom is -0.504 e. The van der Waals surface area contributed by atoms with Gasteiger partial charge >= 0.3 is 0 Å². The molecule has 0 bridgehead atoms. The van der Waals surface area contributed by atoms with Gasteiger partial charge in [-0.25, -0.2) is 0 Å². The maximum atomic E-state index is 14.7. The molecule has 0 spiro atoms. The van der Waals surface area contributed by atoms with E-state index in [-0.39, 0.29) is 48.5 Å². The van der Waals surface area contributed by atoms with E-state index in [4.69, 9.17) is 4.74 Å². The molecule has 296 valence electrons. The second-order valence-corrected chi connectivity index (χ2v) is 12.4. The zero-order chi connectivity index (χ0) is 42.2. The number of hydrogen-bond acceptors (Lipinski definition) is 22. The lowest BCUT2D eigenvalue weighted by molar-refractivity contribution is -0.377. The Labute approximate surface area is 309 Å². The van der Waals surface area contributed by atoms with Crippen LogP contribution in [0.15, 0.2) is 48.5 Å². The first kappa shape index (κ1) is 40.1. The molecule has 5 rings (SSSR count). The number of benzene rings is 4. The van der Waals surface area contributed by atoms with E-state index >= 15 is 0 Å². The molecule has 1 unspecified atom stereocenters. The summed E-state index contributed by atoms with van der Waals surface area (Å²) in [7, 11) is 0. The van der Waals surface area contributed by atoms with E-state index in [2.05, 4.69) is 0 Å². The number of aliphatic hydroxyl groups is 5. The summed E-state index contributed by atoms with van der Waals surface area (Å²) in [4.78, 5) is 58.2. The number of Topliss-reactive ketones (excluding diaryl/α,β-unsaturated/α-hetero) is 4. The molecule has 1 fully saturated rings. The lowest BCUT2D eigenvalue weighted by Crippen LogP contribution is -2.91. The van der Waals surface area contributed by atoms with E-state index in [0.717, 1.165) is 0 Å². The third kappa shape index (κ3) is 5.28. The molecule has 4 aromatic rings. The average molecular weight is 789 g/mol. The van der Waals surface area contributed by atoms with Gasteiger partial charge in [0.1, 0.15) is 6.10 Å². The highest BCUT2D eigenvalue weighted by molar-refractivity contribution is 6.22. The summed E-state index contributed by atoms with van der Waals surface area (Å²) >= 11 is 0. The molecule has 22 nitrogen and oxygen atoms in total. The minimum atomic E-state index is -5.10. The van der Waals surface area contributed by atoms with Crippen LogP contribution in [0.3, 0.4) is 0 Å². The number of ether oxygens (including phenoxy) is 1. The van der Waals surface area contributed by atoms with Crippen LogP contribution >= 0.6 is 0 Å². The van der Waals surface area contributed by atoms with Gasteiger partial charge in [-0.1, -0.05) is 0 Å². The number of phenolic OH excluding ortho intramolecular Hbond substituents is 12. The molecule has 4 aromatic carbocycles. The zero-order valence-corrected chi connectivity index (χ0v) is 27.5. The maximum Gasteiger partial charge on any atom is 0.273 e. The van der Waals surface area contributed by atoms with E-state index < -0.39 is 150 Å². The van der Waals surface area contributed by atoms with Crippen LogP contribution in [-0.2, 0) is 4.74 Å². The van der Waals surface area contributed by atoms with Gasteiger partial charge in [-0.15, -0.1) is 0 Å². The largest absolute Gasteiger partial charge is 0.504 e. The second-order valence-electron chi connectivity index (χ2n) is 12.4. The topological polar surface area (TPSA) is 421 Å². The predicted octanol–water partition coefficient (Wildman–Crippen LogP) is -1.74. The average Bonchev–Trinajstić information content (AvgIpc) is 3.15. The van der Waals surface area contributed by atoms with Gasteiger partial charge in [-0.3, -0.25) is 19.2 Å². The smallest absolute Gasteiger partial charge is 0.273 e. The van der Waals surface area contributed by atoms with Crippen LogP contribution in [-0.4, -0.2) is 145 Å². The van der Waals surface area contributed by atoms with Crippen molar-refractivity contribution in [3.8, 4) is 69.0 Å². The highest BCUT2D eigenvalue weighted by Gasteiger charge is 2.86. The lowest BCUT2D eigenvalue weighted by atomic mass is 9.55. The monoisotopic (exact) mass is 788 g/mol. The number of aliphatic hydroxyl groups excluding tert-OH is 1. The quantitative estimate of drug-likeness (QED) is 0.0661. The van der Waals surface area contributed by atoms with Gasteiger partial charge in [0.2, 0.25) is 34.3 Å². The van der Waals surface area contributed by atoms with E-state index in [9.17, 15) is 106 Å². The molecule has 1 saturated heterocycles. The fraction of sp³-hybridized carbons (Fsp3) is 0.176. The number of rotatable bonds is 9. The molecular weight excluding hydrogens is 760 g/mol. The van der Waals surface area contributed by atoms with E-state index in [1.54, 1.807) is 0 Å². The SMILES string of the molecule is O=C(c1cc(O)c(O)c(O)c1)C1(O)O[C@H](CO)[C@](O)(C(=O)c2cc(O)c(O)c(O)c2)[C@@](O)(C(=O)c2cc(O)c(O)c(O)c2)[C@]1(O)C(=O)c1cc(O)c(O)c(O)c1. The maximum absolute atomic E-state index is 14.7. The van der Waals surface area contributed by atoms with Crippen LogP contribution in [0.25, 0.3) is 0 Å². The van der Waals surface area contributed by atoms with Crippen molar-refractivity contribution in [2.45, 2.75) is 28.7 Å². The predicted molar refractivity (Wildman–Crippen MR) is 175 cm³/mol. The first-order valence-electron chi connectivity index (χ1n) is 15.2. The number of phenols is 12. The third-order valence-electron chi connectivity index (χ3n) is 9.15. The van der Waals surface area contributed by atoms with E-state index in [1.165, 1.54) is 0 Å². The van der Waals surface area contributed by atoms with Crippen molar-refractivity contribution in [2.24, 2.45) is 0 Å². The molecule has 0 saturated carbocycles. The molecule has 1 aliphatic rings. The van der Waals surface area contributed by atoms with Gasteiger partial charge in [0.25, 0.3) is 5.79 Å². The Bertz CT molecular complexity index is 2280. The number of ketones is 4. The molecule has 17 N–H and O–H groups in total. The van der Waals surface area contributed by atoms with Crippen LogP contribution in [0.4, 0.5) is 0 Å². The fourth-order valence-corrected chi connectivity index (χ4v) is 6.26. The standard InChI is InChI=1S/C34H28O22/c35-9-22-31(52,27(48)10-1-14(36)23(44)15(37)2-10)32(53,28(49)11-3-16(38)24(45)17(39)4-11)33(54,29(50)12-5-18(40)25(46)19(41)6-12)34(55,56-22)30(51)13-7-20(42)26(47)21(43)8-13/h1-8,22,35-47,52-55H,9H2/t22-,31+,32+,33-,34?/m1/s1. The summed E-state index contributed by atoms with van der Waals surface area (Å²) in [5.74, 6) is -30.8. The third-order valence-corrected chi connectivity index (χ3v) is 9.15. The second kappa shape index (κ2) is 13.0. The van der Waals surface area contributed by atoms with E-state index in [0.29, 0.717) is 0 Å². The molecular formula is C34H28O22. The Morgan fingerprint density at radius 3 is 0.964 bits per heavy atom. The minimum absolute atomic E-state index is 0.163. The van der Waals surface area contributed by atoms with E-state index in [1.807, 2.05) is 0 Å².